The van der Waals surface area contributed by atoms with Gasteiger partial charge >= 0.3 is 5.97 Å². The van der Waals surface area contributed by atoms with Crippen LogP contribution in [0.3, 0.4) is 0 Å². The fourth-order valence-electron chi connectivity index (χ4n) is 1.50. The van der Waals surface area contributed by atoms with Gasteiger partial charge in [0.2, 0.25) is 0 Å². The Hall–Kier alpha value is -1.84. The first-order valence-corrected chi connectivity index (χ1v) is 5.65. The summed E-state index contributed by atoms with van der Waals surface area (Å²) in [5, 5.41) is 11.6. The Morgan fingerprint density at radius 1 is 1.29 bits per heavy atom. The van der Waals surface area contributed by atoms with Crippen LogP contribution in [0.2, 0.25) is 0 Å². The van der Waals surface area contributed by atoms with Crippen molar-refractivity contribution in [3.63, 3.8) is 0 Å². The van der Waals surface area contributed by atoms with E-state index >= 15 is 0 Å². The molecule has 0 aliphatic rings. The minimum Gasteiger partial charge on any atom is -0.480 e. The molecule has 2 atom stereocenters. The molecule has 1 rings (SSSR count). The molecule has 1 aromatic rings. The number of rotatable bonds is 5. The number of hydrogen-bond donors (Lipinski definition) is 2. The first-order valence-electron chi connectivity index (χ1n) is 5.65. The third kappa shape index (κ3) is 3.59. The van der Waals surface area contributed by atoms with Gasteiger partial charge in [0.1, 0.15) is 6.04 Å². The van der Waals surface area contributed by atoms with Crippen molar-refractivity contribution in [3.8, 4) is 0 Å². The zero-order valence-electron chi connectivity index (χ0n) is 10.0. The van der Waals surface area contributed by atoms with E-state index in [4.69, 9.17) is 5.11 Å². The number of carbonyl (C=O) groups is 2. The van der Waals surface area contributed by atoms with Crippen molar-refractivity contribution in [2.24, 2.45) is 5.92 Å². The molecule has 1 aromatic carbocycles. The monoisotopic (exact) mass is 235 g/mol. The Labute approximate surface area is 101 Å². The van der Waals surface area contributed by atoms with Gasteiger partial charge in [-0.1, -0.05) is 38.5 Å². The first kappa shape index (κ1) is 13.2. The molecule has 4 nitrogen and oxygen atoms in total. The average Bonchev–Trinajstić information content (AvgIpc) is 2.35. The number of carboxylic acids is 1. The molecule has 0 heterocycles. The van der Waals surface area contributed by atoms with E-state index in [0.29, 0.717) is 12.0 Å². The molecular formula is C13H17NO3. The van der Waals surface area contributed by atoms with Gasteiger partial charge in [0, 0.05) is 5.56 Å². The fourth-order valence-corrected chi connectivity index (χ4v) is 1.50. The lowest BCUT2D eigenvalue weighted by molar-refractivity contribution is -0.140. The van der Waals surface area contributed by atoms with Gasteiger partial charge in [-0.05, 0) is 18.1 Å². The molecule has 0 unspecified atom stereocenters. The number of carboxylic acid groups (broad SMARTS) is 1. The summed E-state index contributed by atoms with van der Waals surface area (Å²) in [5.41, 5.74) is 0.474. The maximum absolute atomic E-state index is 11.8. The molecular weight excluding hydrogens is 218 g/mol. The van der Waals surface area contributed by atoms with Gasteiger partial charge in [-0.15, -0.1) is 0 Å². The van der Waals surface area contributed by atoms with Crippen molar-refractivity contribution >= 4 is 11.9 Å². The van der Waals surface area contributed by atoms with E-state index in [1.165, 1.54) is 0 Å². The summed E-state index contributed by atoms with van der Waals surface area (Å²) in [6.07, 6.45) is 0.700. The van der Waals surface area contributed by atoms with E-state index in [-0.39, 0.29) is 11.8 Å². The van der Waals surface area contributed by atoms with E-state index in [9.17, 15) is 9.59 Å². The summed E-state index contributed by atoms with van der Waals surface area (Å²) in [6, 6.07) is 7.77. The van der Waals surface area contributed by atoms with E-state index in [0.717, 1.165) is 0 Å². The summed E-state index contributed by atoms with van der Waals surface area (Å²) >= 11 is 0. The highest BCUT2D eigenvalue weighted by molar-refractivity contribution is 5.96. The van der Waals surface area contributed by atoms with Crippen LogP contribution >= 0.6 is 0 Å². The largest absolute Gasteiger partial charge is 0.480 e. The van der Waals surface area contributed by atoms with Crippen LogP contribution in [0.15, 0.2) is 30.3 Å². The molecule has 17 heavy (non-hydrogen) atoms. The second-order valence-electron chi connectivity index (χ2n) is 4.04. The van der Waals surface area contributed by atoms with Crippen LogP contribution in [-0.4, -0.2) is 23.0 Å². The van der Waals surface area contributed by atoms with Gasteiger partial charge in [0.15, 0.2) is 0 Å². The van der Waals surface area contributed by atoms with Crippen molar-refractivity contribution in [2.45, 2.75) is 26.3 Å². The molecule has 0 bridgehead atoms. The van der Waals surface area contributed by atoms with E-state index in [1.807, 2.05) is 13.8 Å². The Morgan fingerprint density at radius 3 is 2.35 bits per heavy atom. The quantitative estimate of drug-likeness (QED) is 0.819. The van der Waals surface area contributed by atoms with Crippen LogP contribution < -0.4 is 5.32 Å². The fraction of sp³-hybridized carbons (Fsp3) is 0.385. The smallest absolute Gasteiger partial charge is 0.326 e. The predicted molar refractivity (Wildman–Crippen MR) is 64.8 cm³/mol. The lowest BCUT2D eigenvalue weighted by Crippen LogP contribution is -2.44. The second kappa shape index (κ2) is 6.03. The molecule has 92 valence electrons. The van der Waals surface area contributed by atoms with Gasteiger partial charge in [-0.3, -0.25) is 4.79 Å². The lowest BCUT2D eigenvalue weighted by Gasteiger charge is -2.20. The Kier molecular flexibility index (Phi) is 4.69. The van der Waals surface area contributed by atoms with E-state index < -0.39 is 12.0 Å². The molecule has 0 fully saturated rings. The normalized spacial score (nSPS) is 13.8. The number of amides is 1. The molecule has 0 aromatic heterocycles. The third-order valence-corrected chi connectivity index (χ3v) is 2.80. The van der Waals surface area contributed by atoms with Gasteiger partial charge in [0.25, 0.3) is 5.91 Å². The number of aliphatic carboxylic acids is 1. The van der Waals surface area contributed by atoms with Crippen LogP contribution in [-0.2, 0) is 4.79 Å². The maximum atomic E-state index is 11.8. The van der Waals surface area contributed by atoms with Gasteiger partial charge < -0.3 is 10.4 Å². The highest BCUT2D eigenvalue weighted by Crippen LogP contribution is 2.09. The standard InChI is InChI=1S/C13H17NO3/c1-3-9(2)11(13(16)17)14-12(15)10-7-5-4-6-8-10/h4-9,11H,3H2,1-2H3,(H,14,15)(H,16,17)/t9-,11-/m0/s1. The van der Waals surface area contributed by atoms with Crippen LogP contribution in [0.25, 0.3) is 0 Å². The van der Waals surface area contributed by atoms with Crippen LogP contribution in [0.4, 0.5) is 0 Å². The minimum atomic E-state index is -0.997. The number of carbonyl (C=O) groups excluding carboxylic acids is 1. The SMILES string of the molecule is CC[C@H](C)[C@H](NC(=O)c1ccccc1)C(=O)O. The van der Waals surface area contributed by atoms with Gasteiger partial charge in [-0.2, -0.15) is 0 Å². The topological polar surface area (TPSA) is 66.4 Å². The maximum Gasteiger partial charge on any atom is 0.326 e. The molecule has 0 saturated heterocycles. The van der Waals surface area contributed by atoms with Crippen molar-refractivity contribution in [1.82, 2.24) is 5.32 Å². The summed E-state index contributed by atoms with van der Waals surface area (Å²) in [4.78, 5) is 22.9. The molecule has 2 N–H and O–H groups in total. The highest BCUT2D eigenvalue weighted by Gasteiger charge is 2.25. The summed E-state index contributed by atoms with van der Waals surface area (Å²) in [6.45, 7) is 3.71. The first-order chi connectivity index (χ1) is 8.06. The van der Waals surface area contributed by atoms with Crippen molar-refractivity contribution in [3.05, 3.63) is 35.9 Å². The van der Waals surface area contributed by atoms with Crippen LogP contribution in [0.1, 0.15) is 30.6 Å². The summed E-state index contributed by atoms with van der Waals surface area (Å²) < 4.78 is 0. The Bertz CT molecular complexity index is 389. The molecule has 0 radical (unpaired) electrons. The summed E-state index contributed by atoms with van der Waals surface area (Å²) in [5.74, 6) is -1.44. The van der Waals surface area contributed by atoms with Crippen LogP contribution in [0.5, 0.6) is 0 Å². The minimum absolute atomic E-state index is 0.0971. The van der Waals surface area contributed by atoms with E-state index in [2.05, 4.69) is 5.32 Å². The molecule has 1 amide bonds. The van der Waals surface area contributed by atoms with E-state index in [1.54, 1.807) is 30.3 Å². The molecule has 4 heteroatoms. The predicted octanol–water partition coefficient (Wildman–Crippen LogP) is 1.92. The molecule has 0 aliphatic heterocycles. The Balaban J connectivity index is 2.75. The van der Waals surface area contributed by atoms with Crippen molar-refractivity contribution in [2.75, 3.05) is 0 Å². The summed E-state index contributed by atoms with van der Waals surface area (Å²) in [7, 11) is 0. The van der Waals surface area contributed by atoms with Gasteiger partial charge in [0.05, 0.1) is 0 Å². The Morgan fingerprint density at radius 2 is 1.88 bits per heavy atom. The average molecular weight is 235 g/mol. The second-order valence-corrected chi connectivity index (χ2v) is 4.04. The van der Waals surface area contributed by atoms with Gasteiger partial charge in [-0.25, -0.2) is 4.79 Å². The molecule has 0 saturated carbocycles. The number of nitrogens with one attached hydrogen (secondary N) is 1. The molecule has 0 aliphatic carbocycles. The number of hydrogen-bond acceptors (Lipinski definition) is 2. The van der Waals surface area contributed by atoms with Crippen molar-refractivity contribution in [1.29, 1.82) is 0 Å². The lowest BCUT2D eigenvalue weighted by atomic mass is 9.99. The number of benzene rings is 1. The molecule has 0 spiro atoms. The third-order valence-electron chi connectivity index (χ3n) is 2.80. The highest BCUT2D eigenvalue weighted by atomic mass is 16.4. The van der Waals surface area contributed by atoms with Crippen molar-refractivity contribution < 1.29 is 14.7 Å². The zero-order chi connectivity index (χ0) is 12.8. The zero-order valence-corrected chi connectivity index (χ0v) is 10.0. The van der Waals surface area contributed by atoms with Crippen LogP contribution in [0, 0.1) is 5.92 Å².